The van der Waals surface area contributed by atoms with Crippen LogP contribution in [0.5, 0.6) is 0 Å². The van der Waals surface area contributed by atoms with E-state index in [1.165, 1.54) is 0 Å². The van der Waals surface area contributed by atoms with Gasteiger partial charge in [0.2, 0.25) is 10.0 Å². The van der Waals surface area contributed by atoms with E-state index in [1.54, 1.807) is 33.5 Å². The minimum absolute atomic E-state index is 0. The molecule has 2 rings (SSSR count). The molecule has 1 aromatic carbocycles. The van der Waals surface area contributed by atoms with Gasteiger partial charge in [-0.05, 0) is 70.5 Å². The summed E-state index contributed by atoms with van der Waals surface area (Å²) < 4.78 is 27.1. The molecule has 1 fully saturated rings. The van der Waals surface area contributed by atoms with Gasteiger partial charge in [-0.25, -0.2) is 8.42 Å². The average Bonchev–Trinajstić information content (AvgIpc) is 2.63. The largest absolute Gasteiger partial charge is 0.339 e. The van der Waals surface area contributed by atoms with Crippen molar-refractivity contribution in [2.75, 3.05) is 39.8 Å². The lowest BCUT2D eigenvalue weighted by atomic mass is 9.98. The molecule has 0 aromatic heterocycles. The molecule has 8 heteroatoms. The molecule has 1 saturated heterocycles. The second-order valence-corrected chi connectivity index (χ2v) is 8.34. The smallest absolute Gasteiger partial charge is 0.253 e. The Morgan fingerprint density at radius 2 is 1.69 bits per heavy atom. The van der Waals surface area contributed by atoms with Gasteiger partial charge in [0.05, 0.1) is 4.90 Å². The number of piperidine rings is 1. The molecule has 1 aliphatic heterocycles. The van der Waals surface area contributed by atoms with Crippen molar-refractivity contribution < 1.29 is 13.2 Å². The maximum absolute atomic E-state index is 12.8. The second kappa shape index (κ2) is 10.3. The lowest BCUT2D eigenvalue weighted by Crippen LogP contribution is -2.40. The van der Waals surface area contributed by atoms with Gasteiger partial charge in [0.15, 0.2) is 0 Å². The number of rotatable bonds is 7. The summed E-state index contributed by atoms with van der Waals surface area (Å²) in [5, 5.41) is 3.15. The molecule has 1 aliphatic rings. The highest BCUT2D eigenvalue weighted by Gasteiger charge is 2.29. The Hall–Kier alpha value is -1.15. The lowest BCUT2D eigenvalue weighted by Gasteiger charge is -2.31. The highest BCUT2D eigenvalue weighted by Crippen LogP contribution is 2.24. The first-order chi connectivity index (χ1) is 11.9. The van der Waals surface area contributed by atoms with E-state index in [9.17, 15) is 13.2 Å². The minimum Gasteiger partial charge on any atom is -0.339 e. The number of hydrogen-bond acceptors (Lipinski definition) is 4. The van der Waals surface area contributed by atoms with Crippen LogP contribution in [0.1, 0.15) is 37.0 Å². The molecule has 1 aromatic rings. The Morgan fingerprint density at radius 1 is 1.15 bits per heavy atom. The van der Waals surface area contributed by atoms with Crippen LogP contribution in [0, 0.1) is 5.92 Å². The SMILES string of the molecule is CCN(CC)C(=O)c1ccc(S(=O)(=O)N2CCC(CNC)CC2)cc1.Cl. The molecular weight excluding hydrogens is 374 g/mol. The van der Waals surface area contributed by atoms with Crippen molar-refractivity contribution in [1.29, 1.82) is 0 Å². The van der Waals surface area contributed by atoms with Gasteiger partial charge < -0.3 is 10.2 Å². The van der Waals surface area contributed by atoms with Crippen LogP contribution in [0.25, 0.3) is 0 Å². The van der Waals surface area contributed by atoms with Crippen molar-refractivity contribution in [2.45, 2.75) is 31.6 Å². The third kappa shape index (κ3) is 5.19. The molecule has 0 atom stereocenters. The van der Waals surface area contributed by atoms with Crippen molar-refractivity contribution in [3.05, 3.63) is 29.8 Å². The number of benzene rings is 1. The van der Waals surface area contributed by atoms with Gasteiger partial charge in [0, 0.05) is 31.7 Å². The number of halogens is 1. The van der Waals surface area contributed by atoms with E-state index < -0.39 is 10.0 Å². The molecule has 148 valence electrons. The van der Waals surface area contributed by atoms with Gasteiger partial charge >= 0.3 is 0 Å². The summed E-state index contributed by atoms with van der Waals surface area (Å²) in [7, 11) is -1.57. The first kappa shape index (κ1) is 22.9. The summed E-state index contributed by atoms with van der Waals surface area (Å²) in [6.07, 6.45) is 1.75. The van der Waals surface area contributed by atoms with Gasteiger partial charge in [-0.15, -0.1) is 12.4 Å². The molecule has 0 bridgehead atoms. The van der Waals surface area contributed by atoms with Crippen LogP contribution < -0.4 is 5.32 Å². The topological polar surface area (TPSA) is 69.7 Å². The average molecular weight is 404 g/mol. The summed E-state index contributed by atoms with van der Waals surface area (Å²) in [6.45, 7) is 7.16. The lowest BCUT2D eigenvalue weighted by molar-refractivity contribution is 0.0773. The van der Waals surface area contributed by atoms with Crippen LogP contribution in [0.2, 0.25) is 0 Å². The normalized spacial score (nSPS) is 16.1. The quantitative estimate of drug-likeness (QED) is 0.757. The number of hydrogen-bond donors (Lipinski definition) is 1. The number of nitrogens with zero attached hydrogens (tertiary/aromatic N) is 2. The van der Waals surface area contributed by atoms with Crippen LogP contribution in [0.3, 0.4) is 0 Å². The third-order valence-electron chi connectivity index (χ3n) is 4.86. The van der Waals surface area contributed by atoms with Crippen LogP contribution in [-0.4, -0.2) is 63.3 Å². The molecule has 0 aliphatic carbocycles. The zero-order valence-corrected chi connectivity index (χ0v) is 17.4. The standard InChI is InChI=1S/C18H29N3O3S.ClH/c1-4-20(5-2)18(22)16-6-8-17(9-7-16)25(23,24)21-12-10-15(11-13-21)14-19-3;/h6-9,15,19H,4-5,10-14H2,1-3H3;1H. The summed E-state index contributed by atoms with van der Waals surface area (Å²) in [4.78, 5) is 14.3. The molecule has 1 heterocycles. The summed E-state index contributed by atoms with van der Waals surface area (Å²) in [5.41, 5.74) is 0.523. The maximum atomic E-state index is 12.8. The van der Waals surface area contributed by atoms with E-state index in [-0.39, 0.29) is 23.2 Å². The Morgan fingerprint density at radius 3 is 2.15 bits per heavy atom. The molecule has 0 saturated carbocycles. The number of carbonyl (C=O) groups is 1. The fourth-order valence-corrected chi connectivity index (χ4v) is 4.72. The molecule has 6 nitrogen and oxygen atoms in total. The van der Waals surface area contributed by atoms with Gasteiger partial charge in [0.25, 0.3) is 5.91 Å². The van der Waals surface area contributed by atoms with Crippen molar-refractivity contribution in [1.82, 2.24) is 14.5 Å². The highest BCUT2D eigenvalue weighted by molar-refractivity contribution is 7.89. The van der Waals surface area contributed by atoms with Crippen molar-refractivity contribution in [2.24, 2.45) is 5.92 Å². The molecule has 1 amide bonds. The van der Waals surface area contributed by atoms with E-state index in [4.69, 9.17) is 0 Å². The molecule has 0 unspecified atom stereocenters. The van der Waals surface area contributed by atoms with E-state index in [2.05, 4.69) is 5.32 Å². The van der Waals surface area contributed by atoms with Gasteiger partial charge in [-0.1, -0.05) is 0 Å². The number of amides is 1. The first-order valence-corrected chi connectivity index (χ1v) is 10.4. The molecule has 0 radical (unpaired) electrons. The predicted octanol–water partition coefficient (Wildman–Crippen LogP) is 2.21. The van der Waals surface area contributed by atoms with E-state index in [1.807, 2.05) is 20.9 Å². The van der Waals surface area contributed by atoms with Crippen LogP contribution in [0.15, 0.2) is 29.2 Å². The third-order valence-corrected chi connectivity index (χ3v) is 6.77. The van der Waals surface area contributed by atoms with Crippen LogP contribution >= 0.6 is 12.4 Å². The molecule has 26 heavy (non-hydrogen) atoms. The van der Waals surface area contributed by atoms with E-state index in [0.29, 0.717) is 37.7 Å². The first-order valence-electron chi connectivity index (χ1n) is 8.98. The summed E-state index contributed by atoms with van der Waals surface area (Å²) >= 11 is 0. The van der Waals surface area contributed by atoms with Crippen molar-refractivity contribution in [3.63, 3.8) is 0 Å². The van der Waals surface area contributed by atoms with Gasteiger partial charge in [-0.2, -0.15) is 4.31 Å². The van der Waals surface area contributed by atoms with E-state index in [0.717, 1.165) is 19.4 Å². The van der Waals surface area contributed by atoms with E-state index >= 15 is 0 Å². The number of nitrogens with one attached hydrogen (secondary N) is 1. The predicted molar refractivity (Wildman–Crippen MR) is 106 cm³/mol. The fraction of sp³-hybridized carbons (Fsp3) is 0.611. The maximum Gasteiger partial charge on any atom is 0.253 e. The Kier molecular flexibility index (Phi) is 9.03. The van der Waals surface area contributed by atoms with Crippen LogP contribution in [-0.2, 0) is 10.0 Å². The van der Waals surface area contributed by atoms with Gasteiger partial charge in [0.1, 0.15) is 0 Å². The summed E-state index contributed by atoms with van der Waals surface area (Å²) in [6, 6.07) is 6.32. The fourth-order valence-electron chi connectivity index (χ4n) is 3.25. The Balaban J connectivity index is 0.00000338. The zero-order valence-electron chi connectivity index (χ0n) is 15.8. The van der Waals surface area contributed by atoms with Crippen molar-refractivity contribution >= 4 is 28.3 Å². The zero-order chi connectivity index (χ0) is 18.4. The molecule has 1 N–H and O–H groups in total. The number of carbonyl (C=O) groups excluding carboxylic acids is 1. The Bertz CT molecular complexity index is 667. The monoisotopic (exact) mass is 403 g/mol. The highest BCUT2D eigenvalue weighted by atomic mass is 35.5. The summed E-state index contributed by atoms with van der Waals surface area (Å²) in [5.74, 6) is 0.465. The molecular formula is C18H30ClN3O3S. The second-order valence-electron chi connectivity index (χ2n) is 6.41. The molecule has 0 spiro atoms. The van der Waals surface area contributed by atoms with Gasteiger partial charge in [-0.3, -0.25) is 4.79 Å². The van der Waals surface area contributed by atoms with Crippen LogP contribution in [0.4, 0.5) is 0 Å². The van der Waals surface area contributed by atoms with Crippen molar-refractivity contribution in [3.8, 4) is 0 Å². The Labute approximate surface area is 163 Å². The number of sulfonamides is 1. The minimum atomic E-state index is -3.49.